The minimum atomic E-state index is -0.955. The van der Waals surface area contributed by atoms with Gasteiger partial charge in [-0.25, -0.2) is 9.78 Å². The van der Waals surface area contributed by atoms with Crippen molar-refractivity contribution in [2.75, 3.05) is 0 Å². The smallest absolute Gasteiger partial charge is 0.337 e. The van der Waals surface area contributed by atoms with E-state index in [2.05, 4.69) is 9.97 Å². The van der Waals surface area contributed by atoms with Gasteiger partial charge in [-0.2, -0.15) is 0 Å². The average Bonchev–Trinajstić information content (AvgIpc) is 2.81. The number of aromatic nitrogens is 2. The van der Waals surface area contributed by atoms with Gasteiger partial charge in [-0.05, 0) is 17.7 Å². The summed E-state index contributed by atoms with van der Waals surface area (Å²) >= 11 is 0. The highest BCUT2D eigenvalue weighted by Gasteiger charge is 2.12. The Morgan fingerprint density at radius 2 is 1.89 bits per heavy atom. The van der Waals surface area contributed by atoms with Gasteiger partial charge in [0.2, 0.25) is 0 Å². The molecular weight excluding hydrogens is 240 g/mol. The Morgan fingerprint density at radius 1 is 1.11 bits per heavy atom. The highest BCUT2D eigenvalue weighted by molar-refractivity contribution is 6.00. The first-order valence-electron chi connectivity index (χ1n) is 5.99. The molecule has 3 rings (SSSR count). The van der Waals surface area contributed by atoms with Crippen molar-refractivity contribution in [3.05, 3.63) is 65.5 Å². The van der Waals surface area contributed by atoms with Gasteiger partial charge in [0.25, 0.3) is 0 Å². The molecule has 0 radical (unpaired) electrons. The van der Waals surface area contributed by atoms with Gasteiger partial charge in [-0.1, -0.05) is 36.4 Å². The molecule has 0 atom stereocenters. The Balaban J connectivity index is 2.03. The van der Waals surface area contributed by atoms with Crippen LogP contribution >= 0.6 is 0 Å². The van der Waals surface area contributed by atoms with Gasteiger partial charge in [0.1, 0.15) is 11.3 Å². The largest absolute Gasteiger partial charge is 0.478 e. The van der Waals surface area contributed by atoms with Crippen molar-refractivity contribution < 1.29 is 9.90 Å². The van der Waals surface area contributed by atoms with Crippen LogP contribution in [0.2, 0.25) is 0 Å². The third-order valence-electron chi connectivity index (χ3n) is 3.01. The summed E-state index contributed by atoms with van der Waals surface area (Å²) in [6.45, 7) is 0. The maximum absolute atomic E-state index is 11.1. The second-order valence-corrected chi connectivity index (χ2v) is 4.35. The minimum absolute atomic E-state index is 0.230. The van der Waals surface area contributed by atoms with Gasteiger partial charge in [-0.15, -0.1) is 0 Å². The highest BCUT2D eigenvalue weighted by atomic mass is 16.4. The van der Waals surface area contributed by atoms with Crippen LogP contribution in [0.25, 0.3) is 11.0 Å². The second kappa shape index (κ2) is 4.57. The lowest BCUT2D eigenvalue weighted by atomic mass is 10.1. The van der Waals surface area contributed by atoms with Crippen molar-refractivity contribution >= 4 is 17.0 Å². The topological polar surface area (TPSA) is 66.0 Å². The van der Waals surface area contributed by atoms with Crippen LogP contribution < -0.4 is 0 Å². The predicted octanol–water partition coefficient (Wildman–Crippen LogP) is 2.85. The Labute approximate surface area is 109 Å². The summed E-state index contributed by atoms with van der Waals surface area (Å²) in [6.07, 6.45) is 0.661. The number of carboxylic acid groups (broad SMARTS) is 1. The lowest BCUT2D eigenvalue weighted by Gasteiger charge is -1.96. The first-order valence-corrected chi connectivity index (χ1v) is 5.99. The number of hydrogen-bond donors (Lipinski definition) is 2. The Kier molecular flexibility index (Phi) is 2.76. The number of carbonyl (C=O) groups is 1. The number of nitrogens with one attached hydrogen (secondary N) is 1. The normalized spacial score (nSPS) is 10.7. The Morgan fingerprint density at radius 3 is 2.63 bits per heavy atom. The Bertz CT molecular complexity index is 732. The lowest BCUT2D eigenvalue weighted by molar-refractivity contribution is 0.0699. The summed E-state index contributed by atoms with van der Waals surface area (Å²) in [6, 6.07) is 15.1. The van der Waals surface area contributed by atoms with Crippen molar-refractivity contribution in [3.63, 3.8) is 0 Å². The van der Waals surface area contributed by atoms with Crippen molar-refractivity contribution in [1.82, 2.24) is 9.97 Å². The van der Waals surface area contributed by atoms with Gasteiger partial charge >= 0.3 is 5.97 Å². The summed E-state index contributed by atoms with van der Waals surface area (Å²) in [5, 5.41) is 9.13. The second-order valence-electron chi connectivity index (χ2n) is 4.35. The molecule has 0 spiro atoms. The predicted molar refractivity (Wildman–Crippen MR) is 72.3 cm³/mol. The number of carboxylic acids is 1. The molecule has 2 N–H and O–H groups in total. The standard InChI is InChI=1S/C15H12N2O2/c18-15(19)11-7-4-8-12-14(11)17-13(16-12)9-10-5-2-1-3-6-10/h1-8H,9H2,(H,16,17)(H,18,19). The fourth-order valence-corrected chi connectivity index (χ4v) is 2.13. The van der Waals surface area contributed by atoms with Gasteiger partial charge in [0.05, 0.1) is 11.1 Å². The number of H-pyrrole nitrogens is 1. The summed E-state index contributed by atoms with van der Waals surface area (Å²) in [5.74, 6) is -0.182. The molecule has 0 unspecified atom stereocenters. The number of fused-ring (bicyclic) bond motifs is 1. The third-order valence-corrected chi connectivity index (χ3v) is 3.01. The molecule has 4 nitrogen and oxygen atoms in total. The van der Waals surface area contributed by atoms with Crippen LogP contribution in [0.3, 0.4) is 0 Å². The van der Waals surface area contributed by atoms with E-state index in [4.69, 9.17) is 5.11 Å². The molecule has 0 saturated heterocycles. The van der Waals surface area contributed by atoms with Crippen LogP contribution in [0, 0.1) is 0 Å². The molecular formula is C15H12N2O2. The summed E-state index contributed by atoms with van der Waals surface area (Å²) < 4.78 is 0. The third kappa shape index (κ3) is 2.20. The zero-order valence-corrected chi connectivity index (χ0v) is 10.1. The van der Waals surface area contributed by atoms with Crippen LogP contribution in [0.4, 0.5) is 0 Å². The molecule has 1 heterocycles. The maximum atomic E-state index is 11.1. The van der Waals surface area contributed by atoms with E-state index < -0.39 is 5.97 Å². The molecule has 0 aliphatic rings. The Hall–Kier alpha value is -2.62. The first-order chi connectivity index (χ1) is 9.24. The fourth-order valence-electron chi connectivity index (χ4n) is 2.13. The molecule has 0 saturated carbocycles. The lowest BCUT2D eigenvalue weighted by Crippen LogP contribution is -1.97. The monoisotopic (exact) mass is 252 g/mol. The van der Waals surface area contributed by atoms with Crippen molar-refractivity contribution in [2.24, 2.45) is 0 Å². The SMILES string of the molecule is O=C(O)c1cccc2[nH]c(Cc3ccccc3)nc12. The molecule has 94 valence electrons. The quantitative estimate of drug-likeness (QED) is 0.753. The molecule has 0 fully saturated rings. The number of rotatable bonds is 3. The van der Waals surface area contributed by atoms with Crippen LogP contribution in [-0.4, -0.2) is 21.0 Å². The van der Waals surface area contributed by atoms with Gasteiger partial charge in [0.15, 0.2) is 0 Å². The van der Waals surface area contributed by atoms with E-state index in [-0.39, 0.29) is 5.56 Å². The highest BCUT2D eigenvalue weighted by Crippen LogP contribution is 2.18. The number of benzene rings is 2. The van der Waals surface area contributed by atoms with Crippen LogP contribution in [0.1, 0.15) is 21.7 Å². The van der Waals surface area contributed by atoms with E-state index in [1.54, 1.807) is 12.1 Å². The first kappa shape index (κ1) is 11.5. The molecule has 0 aliphatic heterocycles. The number of aromatic amines is 1. The van der Waals surface area contributed by atoms with E-state index in [1.807, 2.05) is 36.4 Å². The van der Waals surface area contributed by atoms with Crippen molar-refractivity contribution in [1.29, 1.82) is 0 Å². The van der Waals surface area contributed by atoms with Crippen LogP contribution in [0.15, 0.2) is 48.5 Å². The van der Waals surface area contributed by atoms with E-state index in [1.165, 1.54) is 0 Å². The molecule has 1 aromatic heterocycles. The molecule has 3 aromatic rings. The van der Waals surface area contributed by atoms with Crippen molar-refractivity contribution in [3.8, 4) is 0 Å². The van der Waals surface area contributed by atoms with E-state index in [0.29, 0.717) is 11.9 Å². The molecule has 0 bridgehead atoms. The van der Waals surface area contributed by atoms with Gasteiger partial charge < -0.3 is 10.1 Å². The maximum Gasteiger partial charge on any atom is 0.337 e. The van der Waals surface area contributed by atoms with E-state index >= 15 is 0 Å². The molecule has 0 aliphatic carbocycles. The van der Waals surface area contributed by atoms with Gasteiger partial charge in [0, 0.05) is 6.42 Å². The van der Waals surface area contributed by atoms with E-state index in [9.17, 15) is 4.79 Å². The van der Waals surface area contributed by atoms with Crippen LogP contribution in [-0.2, 0) is 6.42 Å². The number of aromatic carboxylic acids is 1. The molecule has 4 heteroatoms. The molecule has 19 heavy (non-hydrogen) atoms. The van der Waals surface area contributed by atoms with Gasteiger partial charge in [-0.3, -0.25) is 0 Å². The summed E-state index contributed by atoms with van der Waals surface area (Å²) in [7, 11) is 0. The number of nitrogens with zero attached hydrogens (tertiary/aromatic N) is 1. The number of imidazole rings is 1. The number of hydrogen-bond acceptors (Lipinski definition) is 2. The van der Waals surface area contributed by atoms with Crippen LogP contribution in [0.5, 0.6) is 0 Å². The number of para-hydroxylation sites is 1. The minimum Gasteiger partial charge on any atom is -0.478 e. The van der Waals surface area contributed by atoms with Crippen molar-refractivity contribution in [2.45, 2.75) is 6.42 Å². The molecule has 0 amide bonds. The fraction of sp³-hybridized carbons (Fsp3) is 0.0667. The molecule has 2 aromatic carbocycles. The summed E-state index contributed by atoms with van der Waals surface area (Å²) in [4.78, 5) is 18.7. The zero-order valence-electron chi connectivity index (χ0n) is 10.1. The summed E-state index contributed by atoms with van der Waals surface area (Å²) in [5.41, 5.74) is 2.64. The average molecular weight is 252 g/mol. The van der Waals surface area contributed by atoms with E-state index in [0.717, 1.165) is 16.9 Å². The zero-order chi connectivity index (χ0) is 13.2.